The van der Waals surface area contributed by atoms with Crippen LogP contribution in [0.15, 0.2) is 29.1 Å². The lowest BCUT2D eigenvalue weighted by Gasteiger charge is -2.21. The number of carbonyl (C=O) groups excluding carboxylic acids is 1. The van der Waals surface area contributed by atoms with Gasteiger partial charge in [-0.3, -0.25) is 14.7 Å². The summed E-state index contributed by atoms with van der Waals surface area (Å²) in [6, 6.07) is 7.16. The third-order valence-electron chi connectivity index (χ3n) is 3.67. The van der Waals surface area contributed by atoms with Crippen LogP contribution in [-0.4, -0.2) is 58.0 Å². The van der Waals surface area contributed by atoms with Crippen LogP contribution in [0.5, 0.6) is 0 Å². The quantitative estimate of drug-likeness (QED) is 0.670. The summed E-state index contributed by atoms with van der Waals surface area (Å²) >= 11 is 0. The molecule has 0 aliphatic carbocycles. The molecule has 0 unspecified atom stereocenters. The molecular weight excluding hydrogens is 272 g/mol. The van der Waals surface area contributed by atoms with Crippen LogP contribution in [0.4, 0.5) is 0 Å². The second-order valence-corrected chi connectivity index (χ2v) is 5.25. The second kappa shape index (κ2) is 5.71. The Bertz CT molecular complexity index is 706. The van der Waals surface area contributed by atoms with Crippen molar-refractivity contribution in [2.24, 2.45) is 0 Å². The molecule has 0 bridgehead atoms. The summed E-state index contributed by atoms with van der Waals surface area (Å²) in [4.78, 5) is 26.1. The Morgan fingerprint density at radius 1 is 1.38 bits per heavy atom. The number of aromatic nitrogens is 2. The van der Waals surface area contributed by atoms with E-state index in [-0.39, 0.29) is 18.0 Å². The Balaban J connectivity index is 1.79. The molecule has 0 spiro atoms. The summed E-state index contributed by atoms with van der Waals surface area (Å²) in [6.45, 7) is 1.91. The van der Waals surface area contributed by atoms with E-state index in [1.807, 2.05) is 6.07 Å². The fraction of sp³-hybridized carbons (Fsp3) is 0.429. The topological polar surface area (TPSA) is 90.4 Å². The van der Waals surface area contributed by atoms with Crippen molar-refractivity contribution in [1.82, 2.24) is 20.0 Å². The van der Waals surface area contributed by atoms with Gasteiger partial charge in [0.1, 0.15) is 6.54 Å². The highest BCUT2D eigenvalue weighted by molar-refractivity contribution is 5.79. The Hall–Kier alpha value is -2.12. The molecule has 1 atom stereocenters. The minimum Gasteiger partial charge on any atom is -0.390 e. The number of aliphatic hydroxyl groups is 1. The fourth-order valence-electron chi connectivity index (χ4n) is 2.57. The molecule has 3 N–H and O–H groups in total. The highest BCUT2D eigenvalue weighted by Gasteiger charge is 2.21. The lowest BCUT2D eigenvalue weighted by molar-refractivity contribution is -0.132. The minimum atomic E-state index is -0.573. The van der Waals surface area contributed by atoms with Crippen molar-refractivity contribution in [2.75, 3.05) is 26.2 Å². The summed E-state index contributed by atoms with van der Waals surface area (Å²) in [7, 11) is 0. The van der Waals surface area contributed by atoms with Crippen LogP contribution in [-0.2, 0) is 11.3 Å². The Morgan fingerprint density at radius 2 is 2.19 bits per heavy atom. The number of hydrogen-bond donors (Lipinski definition) is 3. The molecule has 0 saturated carbocycles. The van der Waals surface area contributed by atoms with Crippen molar-refractivity contribution >= 4 is 16.8 Å². The molecule has 1 saturated heterocycles. The SMILES string of the molecule is O=C(Cn1[nH]c2ccccc2c1=O)N1CCNC[C@H](O)C1. The predicted molar refractivity (Wildman–Crippen MR) is 78.0 cm³/mol. The van der Waals surface area contributed by atoms with Gasteiger partial charge < -0.3 is 15.3 Å². The molecule has 1 aliphatic rings. The van der Waals surface area contributed by atoms with Crippen LogP contribution < -0.4 is 10.9 Å². The van der Waals surface area contributed by atoms with Crippen LogP contribution >= 0.6 is 0 Å². The first kappa shape index (κ1) is 13.8. The van der Waals surface area contributed by atoms with Gasteiger partial charge in [-0.1, -0.05) is 12.1 Å². The number of benzene rings is 1. The van der Waals surface area contributed by atoms with Gasteiger partial charge in [0.25, 0.3) is 5.56 Å². The van der Waals surface area contributed by atoms with Crippen molar-refractivity contribution in [1.29, 1.82) is 0 Å². The van der Waals surface area contributed by atoms with Crippen LogP contribution in [0.25, 0.3) is 10.9 Å². The maximum atomic E-state index is 12.3. The van der Waals surface area contributed by atoms with E-state index in [9.17, 15) is 14.7 Å². The van der Waals surface area contributed by atoms with Gasteiger partial charge in [0.15, 0.2) is 0 Å². The number of hydrogen-bond acceptors (Lipinski definition) is 4. The van der Waals surface area contributed by atoms with Crippen LogP contribution in [0.2, 0.25) is 0 Å². The van der Waals surface area contributed by atoms with Crippen LogP contribution in [0.1, 0.15) is 0 Å². The molecule has 3 rings (SSSR count). The maximum Gasteiger partial charge on any atom is 0.274 e. The molecule has 2 aromatic rings. The standard InChI is InChI=1S/C14H18N4O3/c19-10-7-15-5-6-17(8-10)13(20)9-18-14(21)11-3-1-2-4-12(11)16-18/h1-4,10,15-16,19H,5-9H2/t10-/m0/s1. The largest absolute Gasteiger partial charge is 0.390 e. The lowest BCUT2D eigenvalue weighted by Crippen LogP contribution is -2.40. The van der Waals surface area contributed by atoms with Gasteiger partial charge in [0, 0.05) is 26.2 Å². The van der Waals surface area contributed by atoms with E-state index in [1.165, 1.54) is 4.68 Å². The van der Waals surface area contributed by atoms with Gasteiger partial charge in [-0.25, -0.2) is 4.68 Å². The second-order valence-electron chi connectivity index (χ2n) is 5.25. The summed E-state index contributed by atoms with van der Waals surface area (Å²) in [5, 5.41) is 16.3. The van der Waals surface area contributed by atoms with Crippen molar-refractivity contribution < 1.29 is 9.90 Å². The van der Waals surface area contributed by atoms with Gasteiger partial charge in [0.2, 0.25) is 5.91 Å². The third kappa shape index (κ3) is 2.84. The number of nitrogens with one attached hydrogen (secondary N) is 2. The number of β-amino-alcohol motifs (C(OH)–C–C–N with tert-alkyl or cyclic N) is 1. The number of fused-ring (bicyclic) bond motifs is 1. The van der Waals surface area contributed by atoms with E-state index < -0.39 is 6.10 Å². The molecule has 2 heterocycles. The zero-order valence-corrected chi connectivity index (χ0v) is 11.6. The summed E-state index contributed by atoms with van der Waals surface area (Å²) in [6.07, 6.45) is -0.573. The summed E-state index contributed by atoms with van der Waals surface area (Å²) in [5.41, 5.74) is 0.514. The molecule has 112 valence electrons. The number of nitrogens with zero attached hydrogens (tertiary/aromatic N) is 2. The first-order valence-corrected chi connectivity index (χ1v) is 6.99. The molecule has 0 radical (unpaired) electrons. The van der Waals surface area contributed by atoms with Crippen LogP contribution in [0, 0.1) is 0 Å². The lowest BCUT2D eigenvalue weighted by atomic mass is 10.3. The van der Waals surface area contributed by atoms with Crippen LogP contribution in [0.3, 0.4) is 0 Å². The van der Waals surface area contributed by atoms with Gasteiger partial charge in [-0.2, -0.15) is 0 Å². The fourth-order valence-corrected chi connectivity index (χ4v) is 2.57. The normalized spacial score (nSPS) is 19.7. The van der Waals surface area contributed by atoms with Crippen molar-refractivity contribution in [3.05, 3.63) is 34.6 Å². The zero-order valence-electron chi connectivity index (χ0n) is 11.6. The first-order chi connectivity index (χ1) is 10.1. The Kier molecular flexibility index (Phi) is 3.76. The monoisotopic (exact) mass is 290 g/mol. The van der Waals surface area contributed by atoms with E-state index in [2.05, 4.69) is 10.4 Å². The van der Waals surface area contributed by atoms with E-state index >= 15 is 0 Å². The molecule has 1 amide bonds. The molecule has 1 aromatic carbocycles. The van der Waals surface area contributed by atoms with E-state index in [4.69, 9.17) is 0 Å². The highest BCUT2D eigenvalue weighted by atomic mass is 16.3. The average molecular weight is 290 g/mol. The smallest absolute Gasteiger partial charge is 0.274 e. The van der Waals surface area contributed by atoms with E-state index in [1.54, 1.807) is 23.1 Å². The summed E-state index contributed by atoms with van der Waals surface area (Å²) < 4.78 is 1.32. The molecule has 1 aliphatic heterocycles. The zero-order chi connectivity index (χ0) is 14.8. The first-order valence-electron chi connectivity index (χ1n) is 6.99. The number of aromatic amines is 1. The molecule has 1 fully saturated rings. The van der Waals surface area contributed by atoms with Gasteiger partial charge >= 0.3 is 0 Å². The van der Waals surface area contributed by atoms with Gasteiger partial charge in [0.05, 0.1) is 17.0 Å². The van der Waals surface area contributed by atoms with Crippen molar-refractivity contribution in [3.8, 4) is 0 Å². The summed E-state index contributed by atoms with van der Waals surface area (Å²) in [5.74, 6) is -0.175. The van der Waals surface area contributed by atoms with Crippen molar-refractivity contribution in [3.63, 3.8) is 0 Å². The Morgan fingerprint density at radius 3 is 3.00 bits per heavy atom. The number of rotatable bonds is 2. The predicted octanol–water partition coefficient (Wildman–Crippen LogP) is -0.878. The number of carbonyl (C=O) groups is 1. The van der Waals surface area contributed by atoms with Crippen molar-refractivity contribution in [2.45, 2.75) is 12.6 Å². The number of H-pyrrole nitrogens is 1. The number of aliphatic hydroxyl groups excluding tert-OH is 1. The van der Waals surface area contributed by atoms with Gasteiger partial charge in [-0.15, -0.1) is 0 Å². The average Bonchev–Trinajstić information content (AvgIpc) is 2.65. The highest BCUT2D eigenvalue weighted by Crippen LogP contribution is 2.06. The van der Waals surface area contributed by atoms with E-state index in [0.717, 1.165) is 0 Å². The van der Waals surface area contributed by atoms with Gasteiger partial charge in [-0.05, 0) is 12.1 Å². The number of amides is 1. The molecular formula is C14H18N4O3. The van der Waals surface area contributed by atoms with E-state index in [0.29, 0.717) is 37.1 Å². The molecule has 1 aromatic heterocycles. The Labute approximate surface area is 121 Å². The number of para-hydroxylation sites is 1. The molecule has 21 heavy (non-hydrogen) atoms. The maximum absolute atomic E-state index is 12.3. The molecule has 7 nitrogen and oxygen atoms in total. The third-order valence-corrected chi connectivity index (χ3v) is 3.67. The minimum absolute atomic E-state index is 0.0414. The molecule has 7 heteroatoms.